The molecule has 2 heterocycles. The van der Waals surface area contributed by atoms with Gasteiger partial charge in [0.2, 0.25) is 5.91 Å². The normalized spacial score (nSPS) is 14.9. The second-order valence-electron chi connectivity index (χ2n) is 5.22. The molecule has 4 nitrogen and oxygen atoms in total. The second-order valence-corrected chi connectivity index (χ2v) is 6.27. The van der Waals surface area contributed by atoms with E-state index < -0.39 is 0 Å². The van der Waals surface area contributed by atoms with Crippen LogP contribution in [0, 0.1) is 0 Å². The molecule has 0 spiro atoms. The lowest BCUT2D eigenvalue weighted by Crippen LogP contribution is -2.50. The van der Waals surface area contributed by atoms with Gasteiger partial charge in [0, 0.05) is 11.0 Å². The molecule has 0 radical (unpaired) electrons. The van der Waals surface area contributed by atoms with E-state index in [0.29, 0.717) is 5.75 Å². The van der Waals surface area contributed by atoms with Gasteiger partial charge in [-0.2, -0.15) is 0 Å². The number of thioether (sulfide) groups is 1. The Morgan fingerprint density at radius 2 is 1.73 bits per heavy atom. The fraction of sp³-hybridized carbons (Fsp3) is 0.294. The lowest BCUT2D eigenvalue weighted by Gasteiger charge is -2.30. The molecule has 2 aromatic rings. The largest absolute Gasteiger partial charge is 0.334 e. The van der Waals surface area contributed by atoms with Crippen molar-refractivity contribution in [3.8, 4) is 0 Å². The minimum Gasteiger partial charge on any atom is -0.334 e. The van der Waals surface area contributed by atoms with E-state index in [-0.39, 0.29) is 5.91 Å². The van der Waals surface area contributed by atoms with Crippen molar-refractivity contribution in [2.75, 3.05) is 36.8 Å². The van der Waals surface area contributed by atoms with Gasteiger partial charge in [0.05, 0.1) is 25.0 Å². The number of anilines is 1. The summed E-state index contributed by atoms with van der Waals surface area (Å²) in [7, 11) is 0. The smallest absolute Gasteiger partial charge is 0.274 e. The molecule has 114 valence electrons. The Hall–Kier alpha value is -2.01. The van der Waals surface area contributed by atoms with E-state index in [1.54, 1.807) is 11.8 Å². The molecule has 1 N–H and O–H groups in total. The Kier molecular flexibility index (Phi) is 4.96. The summed E-state index contributed by atoms with van der Waals surface area (Å²) in [5.74, 6) is 1.86. The summed E-state index contributed by atoms with van der Waals surface area (Å²) in [6.07, 6.45) is 1.93. The lowest BCUT2D eigenvalue weighted by molar-refractivity contribution is -0.364. The fourth-order valence-corrected chi connectivity index (χ4v) is 3.35. The van der Waals surface area contributed by atoms with Crippen LogP contribution >= 0.6 is 11.8 Å². The van der Waals surface area contributed by atoms with Crippen LogP contribution in [0.4, 0.5) is 5.82 Å². The number of nitrogens with one attached hydrogen (secondary N) is 1. The van der Waals surface area contributed by atoms with Crippen molar-refractivity contribution in [1.82, 2.24) is 4.90 Å². The van der Waals surface area contributed by atoms with Crippen LogP contribution in [-0.4, -0.2) is 42.7 Å². The highest BCUT2D eigenvalue weighted by molar-refractivity contribution is 8.00. The Morgan fingerprint density at radius 3 is 2.41 bits per heavy atom. The van der Waals surface area contributed by atoms with E-state index in [1.165, 1.54) is 0 Å². The number of aromatic amines is 1. The number of hydrogen-bond donors (Lipinski definition) is 0. The van der Waals surface area contributed by atoms with Crippen LogP contribution in [-0.2, 0) is 4.79 Å². The average Bonchev–Trinajstić information content (AvgIpc) is 2.61. The van der Waals surface area contributed by atoms with Crippen molar-refractivity contribution >= 4 is 23.5 Å². The number of amides is 1. The molecule has 0 bridgehead atoms. The molecule has 0 saturated carbocycles. The van der Waals surface area contributed by atoms with Gasteiger partial charge in [0.15, 0.2) is 0 Å². The molecule has 0 atom stereocenters. The summed E-state index contributed by atoms with van der Waals surface area (Å²) in [6.45, 7) is 3.33. The van der Waals surface area contributed by atoms with Crippen LogP contribution in [0.5, 0.6) is 0 Å². The van der Waals surface area contributed by atoms with E-state index in [4.69, 9.17) is 0 Å². The molecule has 1 aliphatic heterocycles. The van der Waals surface area contributed by atoms with Crippen LogP contribution in [0.25, 0.3) is 0 Å². The standard InChI is InChI=1S/C17H19N3OS/c21-17(14-22-15-6-2-1-3-7-15)20-12-10-19(11-13-20)16-8-4-5-9-18-16/h1-9H,10-14H2/p+1. The molecule has 22 heavy (non-hydrogen) atoms. The minimum absolute atomic E-state index is 0.227. The van der Waals surface area contributed by atoms with E-state index in [9.17, 15) is 4.79 Å². The van der Waals surface area contributed by atoms with E-state index in [0.717, 1.165) is 36.9 Å². The summed E-state index contributed by atoms with van der Waals surface area (Å²) >= 11 is 1.61. The number of H-pyrrole nitrogens is 1. The first kappa shape index (κ1) is 14.9. The van der Waals surface area contributed by atoms with Gasteiger partial charge in [-0.3, -0.25) is 9.69 Å². The number of carbonyl (C=O) groups excluding carboxylic acids is 1. The number of rotatable bonds is 4. The van der Waals surface area contributed by atoms with Crippen molar-refractivity contribution in [1.29, 1.82) is 0 Å². The number of nitrogens with zero attached hydrogens (tertiary/aromatic N) is 2. The third-order valence-corrected chi connectivity index (χ3v) is 4.77. The zero-order chi connectivity index (χ0) is 15.2. The van der Waals surface area contributed by atoms with E-state index >= 15 is 0 Å². The third-order valence-electron chi connectivity index (χ3n) is 3.77. The number of hydrogen-bond acceptors (Lipinski definition) is 3. The van der Waals surface area contributed by atoms with Gasteiger partial charge in [-0.05, 0) is 18.2 Å². The van der Waals surface area contributed by atoms with Gasteiger partial charge in [-0.1, -0.05) is 24.3 Å². The molecule has 1 fully saturated rings. The molecule has 0 unspecified atom stereocenters. The summed E-state index contributed by atoms with van der Waals surface area (Å²) in [4.78, 5) is 20.9. The molecule has 5 heteroatoms. The average molecular weight is 314 g/mol. The second kappa shape index (κ2) is 7.31. The van der Waals surface area contributed by atoms with Crippen LogP contribution in [0.3, 0.4) is 0 Å². The van der Waals surface area contributed by atoms with Gasteiger partial charge in [0.1, 0.15) is 13.1 Å². The monoisotopic (exact) mass is 314 g/mol. The predicted octanol–water partition coefficient (Wildman–Crippen LogP) is 1.94. The van der Waals surface area contributed by atoms with Gasteiger partial charge < -0.3 is 4.90 Å². The minimum atomic E-state index is 0.227. The molecular formula is C17H20N3OS+. The summed E-state index contributed by atoms with van der Waals surface area (Å²) in [5.41, 5.74) is 0. The first-order valence-electron chi connectivity index (χ1n) is 7.50. The Balaban J connectivity index is 1.48. The number of aromatic nitrogens is 1. The van der Waals surface area contributed by atoms with Crippen molar-refractivity contribution in [2.45, 2.75) is 4.90 Å². The maximum atomic E-state index is 12.3. The molecule has 1 aromatic heterocycles. The van der Waals surface area contributed by atoms with Gasteiger partial charge in [0.25, 0.3) is 5.82 Å². The number of piperazine rings is 1. The zero-order valence-corrected chi connectivity index (χ0v) is 13.3. The van der Waals surface area contributed by atoms with Gasteiger partial charge in [-0.25, -0.2) is 4.98 Å². The Morgan fingerprint density at radius 1 is 1.00 bits per heavy atom. The summed E-state index contributed by atoms with van der Waals surface area (Å²) in [5, 5.41) is 0. The van der Waals surface area contributed by atoms with E-state index in [1.807, 2.05) is 53.6 Å². The molecule has 1 amide bonds. The Labute approximate surface area is 135 Å². The Bertz CT molecular complexity index is 598. The highest BCUT2D eigenvalue weighted by Gasteiger charge is 2.25. The van der Waals surface area contributed by atoms with Crippen LogP contribution in [0.1, 0.15) is 0 Å². The SMILES string of the molecule is O=C(CSc1ccccc1)N1CCN(c2cccc[nH+]2)CC1. The number of carbonyl (C=O) groups is 1. The molecule has 3 rings (SSSR count). The van der Waals surface area contributed by atoms with Gasteiger partial charge >= 0.3 is 0 Å². The maximum Gasteiger partial charge on any atom is 0.274 e. The number of pyridine rings is 1. The molecular weight excluding hydrogens is 294 g/mol. The highest BCUT2D eigenvalue weighted by Crippen LogP contribution is 2.18. The first-order valence-corrected chi connectivity index (χ1v) is 8.49. The number of benzene rings is 1. The highest BCUT2D eigenvalue weighted by atomic mass is 32.2. The summed E-state index contributed by atoms with van der Waals surface area (Å²) in [6, 6.07) is 16.2. The van der Waals surface area contributed by atoms with E-state index in [2.05, 4.69) is 16.0 Å². The van der Waals surface area contributed by atoms with Crippen molar-refractivity contribution in [2.24, 2.45) is 0 Å². The maximum absolute atomic E-state index is 12.3. The first-order chi connectivity index (χ1) is 10.8. The van der Waals surface area contributed by atoms with Crippen LogP contribution in [0.2, 0.25) is 0 Å². The summed E-state index contributed by atoms with van der Waals surface area (Å²) < 4.78 is 0. The van der Waals surface area contributed by atoms with Crippen molar-refractivity contribution in [3.63, 3.8) is 0 Å². The van der Waals surface area contributed by atoms with Crippen LogP contribution in [0.15, 0.2) is 59.6 Å². The van der Waals surface area contributed by atoms with Crippen molar-refractivity contribution in [3.05, 3.63) is 54.7 Å². The predicted molar refractivity (Wildman–Crippen MR) is 89.0 cm³/mol. The fourth-order valence-electron chi connectivity index (χ4n) is 2.53. The third kappa shape index (κ3) is 3.80. The topological polar surface area (TPSA) is 37.7 Å². The quantitative estimate of drug-likeness (QED) is 0.810. The lowest BCUT2D eigenvalue weighted by atomic mass is 10.3. The molecule has 1 aromatic carbocycles. The van der Waals surface area contributed by atoms with Gasteiger partial charge in [-0.15, -0.1) is 11.8 Å². The molecule has 1 saturated heterocycles. The molecule has 0 aliphatic carbocycles. The zero-order valence-electron chi connectivity index (χ0n) is 12.4. The van der Waals surface area contributed by atoms with Crippen LogP contribution < -0.4 is 9.88 Å². The van der Waals surface area contributed by atoms with Crippen molar-refractivity contribution < 1.29 is 9.78 Å². The molecule has 1 aliphatic rings.